The molecule has 0 aliphatic heterocycles. The standard InChI is InChI=1S/C15H11ClF2O2/c1-9-6-11(3-4-13(9)16)20-8-15(19)12-7-10(17)2-5-14(12)18/h2-7H,8H2,1H3. The number of ketones is 1. The van der Waals surface area contributed by atoms with Crippen molar-refractivity contribution in [3.63, 3.8) is 0 Å². The summed E-state index contributed by atoms with van der Waals surface area (Å²) in [5.74, 6) is -1.63. The van der Waals surface area contributed by atoms with Crippen LogP contribution < -0.4 is 4.74 Å². The van der Waals surface area contributed by atoms with Gasteiger partial charge in [-0.3, -0.25) is 4.79 Å². The van der Waals surface area contributed by atoms with Crippen LogP contribution in [0.5, 0.6) is 5.75 Å². The minimum absolute atomic E-state index is 0.323. The van der Waals surface area contributed by atoms with Gasteiger partial charge in [0.15, 0.2) is 6.61 Å². The number of ether oxygens (including phenoxy) is 1. The van der Waals surface area contributed by atoms with Gasteiger partial charge >= 0.3 is 0 Å². The number of aryl methyl sites for hydroxylation is 1. The second-order valence-corrected chi connectivity index (χ2v) is 4.65. The molecule has 5 heteroatoms. The Morgan fingerprint density at radius 2 is 1.95 bits per heavy atom. The van der Waals surface area contributed by atoms with Crippen molar-refractivity contribution >= 4 is 17.4 Å². The first-order valence-corrected chi connectivity index (χ1v) is 6.22. The van der Waals surface area contributed by atoms with Crippen LogP contribution in [0.15, 0.2) is 36.4 Å². The summed E-state index contributed by atoms with van der Waals surface area (Å²) in [4.78, 5) is 11.8. The summed E-state index contributed by atoms with van der Waals surface area (Å²) in [5, 5.41) is 0.583. The Hall–Kier alpha value is -1.94. The molecule has 0 saturated carbocycles. The van der Waals surface area contributed by atoms with E-state index in [9.17, 15) is 13.6 Å². The highest BCUT2D eigenvalue weighted by molar-refractivity contribution is 6.31. The molecule has 0 atom stereocenters. The molecule has 0 fully saturated rings. The molecule has 2 rings (SSSR count). The Bertz CT molecular complexity index is 656. The van der Waals surface area contributed by atoms with Crippen LogP contribution in [-0.2, 0) is 0 Å². The SMILES string of the molecule is Cc1cc(OCC(=O)c2cc(F)ccc2F)ccc1Cl. The maximum atomic E-state index is 13.4. The minimum atomic E-state index is -0.771. The Morgan fingerprint density at radius 3 is 2.65 bits per heavy atom. The molecule has 0 saturated heterocycles. The molecule has 0 aromatic heterocycles. The topological polar surface area (TPSA) is 26.3 Å². The highest BCUT2D eigenvalue weighted by atomic mass is 35.5. The van der Waals surface area contributed by atoms with Gasteiger partial charge in [-0.05, 0) is 48.9 Å². The van der Waals surface area contributed by atoms with Crippen molar-refractivity contribution in [1.82, 2.24) is 0 Å². The smallest absolute Gasteiger partial charge is 0.203 e. The third-order valence-corrected chi connectivity index (χ3v) is 3.15. The number of rotatable bonds is 4. The lowest BCUT2D eigenvalue weighted by Crippen LogP contribution is -2.13. The average molecular weight is 297 g/mol. The molecule has 0 radical (unpaired) electrons. The molecule has 0 N–H and O–H groups in total. The van der Waals surface area contributed by atoms with Crippen molar-refractivity contribution in [3.8, 4) is 5.75 Å². The Morgan fingerprint density at radius 1 is 1.20 bits per heavy atom. The van der Waals surface area contributed by atoms with Crippen LogP contribution in [-0.4, -0.2) is 12.4 Å². The van der Waals surface area contributed by atoms with Crippen LogP contribution in [0.2, 0.25) is 5.02 Å². The summed E-state index contributed by atoms with van der Waals surface area (Å²) >= 11 is 5.86. The molecular formula is C15H11ClF2O2. The summed E-state index contributed by atoms with van der Waals surface area (Å²) in [7, 11) is 0. The molecule has 0 bridgehead atoms. The highest BCUT2D eigenvalue weighted by Crippen LogP contribution is 2.21. The van der Waals surface area contributed by atoms with Crippen molar-refractivity contribution in [1.29, 1.82) is 0 Å². The van der Waals surface area contributed by atoms with Gasteiger partial charge in [0.25, 0.3) is 0 Å². The van der Waals surface area contributed by atoms with E-state index in [1.165, 1.54) is 0 Å². The van der Waals surface area contributed by atoms with E-state index in [0.717, 1.165) is 23.8 Å². The van der Waals surface area contributed by atoms with Crippen LogP contribution in [0.4, 0.5) is 8.78 Å². The molecule has 0 aliphatic rings. The normalized spacial score (nSPS) is 10.4. The molecule has 0 aliphatic carbocycles. The van der Waals surface area contributed by atoms with Crippen molar-refractivity contribution in [2.24, 2.45) is 0 Å². The predicted molar refractivity (Wildman–Crippen MR) is 72.4 cm³/mol. The molecule has 2 aromatic rings. The number of benzene rings is 2. The van der Waals surface area contributed by atoms with Gasteiger partial charge in [-0.15, -0.1) is 0 Å². The number of halogens is 3. The Labute approximate surface area is 119 Å². The lowest BCUT2D eigenvalue weighted by Gasteiger charge is -2.07. The van der Waals surface area contributed by atoms with E-state index in [2.05, 4.69) is 0 Å². The monoisotopic (exact) mass is 296 g/mol. The third-order valence-electron chi connectivity index (χ3n) is 2.73. The zero-order chi connectivity index (χ0) is 14.7. The molecule has 0 unspecified atom stereocenters. The fourth-order valence-electron chi connectivity index (χ4n) is 1.64. The fourth-order valence-corrected chi connectivity index (χ4v) is 1.76. The Kier molecular flexibility index (Phi) is 4.35. The maximum Gasteiger partial charge on any atom is 0.203 e. The molecular weight excluding hydrogens is 286 g/mol. The number of carbonyl (C=O) groups is 1. The number of hydrogen-bond acceptors (Lipinski definition) is 2. The summed E-state index contributed by atoms with van der Waals surface area (Å²) in [6.45, 7) is 1.42. The highest BCUT2D eigenvalue weighted by Gasteiger charge is 2.13. The van der Waals surface area contributed by atoms with E-state index in [1.54, 1.807) is 25.1 Å². The fraction of sp³-hybridized carbons (Fsp3) is 0.133. The van der Waals surface area contributed by atoms with E-state index >= 15 is 0 Å². The maximum absolute atomic E-state index is 13.4. The number of Topliss-reactive ketones (excluding diaryl/α,β-unsaturated/α-hetero) is 1. The molecule has 2 nitrogen and oxygen atoms in total. The first kappa shape index (κ1) is 14.5. The van der Waals surface area contributed by atoms with Gasteiger partial charge < -0.3 is 4.74 Å². The lowest BCUT2D eigenvalue weighted by molar-refractivity contribution is 0.0917. The van der Waals surface area contributed by atoms with E-state index < -0.39 is 17.4 Å². The molecule has 104 valence electrons. The second kappa shape index (κ2) is 6.01. The van der Waals surface area contributed by atoms with Crippen LogP contribution in [0.3, 0.4) is 0 Å². The average Bonchev–Trinajstić information content (AvgIpc) is 2.42. The minimum Gasteiger partial charge on any atom is -0.485 e. The van der Waals surface area contributed by atoms with Crippen molar-refractivity contribution in [2.45, 2.75) is 6.92 Å². The van der Waals surface area contributed by atoms with Gasteiger partial charge in [0.2, 0.25) is 5.78 Å². The first-order chi connectivity index (χ1) is 9.47. The zero-order valence-corrected chi connectivity index (χ0v) is 11.4. The molecule has 20 heavy (non-hydrogen) atoms. The molecule has 0 heterocycles. The lowest BCUT2D eigenvalue weighted by atomic mass is 10.1. The second-order valence-electron chi connectivity index (χ2n) is 4.25. The van der Waals surface area contributed by atoms with Gasteiger partial charge in [-0.2, -0.15) is 0 Å². The summed E-state index contributed by atoms with van der Waals surface area (Å²) in [5.41, 5.74) is 0.476. The number of carbonyl (C=O) groups excluding carboxylic acids is 1. The summed E-state index contributed by atoms with van der Waals surface area (Å²) < 4.78 is 31.7. The number of hydrogen-bond donors (Lipinski definition) is 0. The van der Waals surface area contributed by atoms with E-state index in [4.69, 9.17) is 16.3 Å². The van der Waals surface area contributed by atoms with Gasteiger partial charge in [0.1, 0.15) is 17.4 Å². The zero-order valence-electron chi connectivity index (χ0n) is 10.6. The summed E-state index contributed by atoms with van der Waals surface area (Å²) in [6.07, 6.45) is 0. The Balaban J connectivity index is 2.08. The van der Waals surface area contributed by atoms with Crippen LogP contribution in [0.1, 0.15) is 15.9 Å². The van der Waals surface area contributed by atoms with Crippen LogP contribution in [0.25, 0.3) is 0 Å². The molecule has 2 aromatic carbocycles. The molecule has 0 spiro atoms. The first-order valence-electron chi connectivity index (χ1n) is 5.84. The van der Waals surface area contributed by atoms with Gasteiger partial charge in [0.05, 0.1) is 5.56 Å². The quantitative estimate of drug-likeness (QED) is 0.791. The van der Waals surface area contributed by atoms with E-state index in [-0.39, 0.29) is 12.2 Å². The predicted octanol–water partition coefficient (Wildman–Crippen LogP) is 4.19. The van der Waals surface area contributed by atoms with E-state index in [1.807, 2.05) is 0 Å². The van der Waals surface area contributed by atoms with E-state index in [0.29, 0.717) is 10.8 Å². The third kappa shape index (κ3) is 3.33. The largest absolute Gasteiger partial charge is 0.485 e. The van der Waals surface area contributed by atoms with Crippen LogP contribution in [0, 0.1) is 18.6 Å². The summed E-state index contributed by atoms with van der Waals surface area (Å²) in [6, 6.07) is 7.63. The van der Waals surface area contributed by atoms with Crippen molar-refractivity contribution in [2.75, 3.05) is 6.61 Å². The van der Waals surface area contributed by atoms with Crippen LogP contribution >= 0.6 is 11.6 Å². The van der Waals surface area contributed by atoms with Gasteiger partial charge in [-0.25, -0.2) is 8.78 Å². The van der Waals surface area contributed by atoms with Gasteiger partial charge in [-0.1, -0.05) is 11.6 Å². The molecule has 0 amide bonds. The van der Waals surface area contributed by atoms with Crippen molar-refractivity contribution in [3.05, 3.63) is 64.2 Å². The van der Waals surface area contributed by atoms with Crippen molar-refractivity contribution < 1.29 is 18.3 Å². The van der Waals surface area contributed by atoms with Gasteiger partial charge in [0, 0.05) is 5.02 Å².